The van der Waals surface area contributed by atoms with Crippen molar-refractivity contribution in [1.29, 1.82) is 0 Å². The van der Waals surface area contributed by atoms with Crippen molar-refractivity contribution in [3.05, 3.63) is 118 Å². The maximum atomic E-state index is 14.7. The summed E-state index contributed by atoms with van der Waals surface area (Å²) in [7, 11) is 0. The van der Waals surface area contributed by atoms with Crippen molar-refractivity contribution in [3.63, 3.8) is 0 Å². The monoisotopic (exact) mass is 605 g/mol. The highest BCUT2D eigenvalue weighted by Crippen LogP contribution is 2.51. The number of halogens is 3. The van der Waals surface area contributed by atoms with Crippen LogP contribution in [0.2, 0.25) is 0 Å². The summed E-state index contributed by atoms with van der Waals surface area (Å²) < 4.78 is 51.1. The van der Waals surface area contributed by atoms with E-state index in [0.29, 0.717) is 16.8 Å². The molecule has 2 aromatic carbocycles. The number of esters is 2. The second-order valence-corrected chi connectivity index (χ2v) is 10.3. The SMILES string of the molecule is CCOC(=O)C1=C(N)N(c2ccc(C(F)(F)F)cc2)C2=C(C(=O)[C@@H](C(=O)OCC)[C@H](c3ccccc3)C2)[C@@H]1c1cccnc1. The molecule has 0 saturated heterocycles. The summed E-state index contributed by atoms with van der Waals surface area (Å²) in [4.78, 5) is 47.3. The molecule has 0 amide bonds. The van der Waals surface area contributed by atoms with Gasteiger partial charge in [0.1, 0.15) is 11.7 Å². The van der Waals surface area contributed by atoms with Crippen LogP contribution in [0.1, 0.15) is 48.8 Å². The lowest BCUT2D eigenvalue weighted by Gasteiger charge is -2.44. The minimum Gasteiger partial charge on any atom is -0.465 e. The largest absolute Gasteiger partial charge is 0.465 e. The summed E-state index contributed by atoms with van der Waals surface area (Å²) in [5.41, 5.74) is 7.56. The molecule has 0 fully saturated rings. The van der Waals surface area contributed by atoms with E-state index >= 15 is 0 Å². The molecule has 1 aliphatic heterocycles. The van der Waals surface area contributed by atoms with Crippen LogP contribution in [-0.4, -0.2) is 35.9 Å². The predicted octanol–water partition coefficient (Wildman–Crippen LogP) is 5.63. The zero-order valence-corrected chi connectivity index (χ0v) is 24.0. The van der Waals surface area contributed by atoms with Crippen molar-refractivity contribution >= 4 is 23.4 Å². The number of nitrogens with two attached hydrogens (primary N) is 1. The van der Waals surface area contributed by atoms with Crippen LogP contribution in [0.15, 0.2) is 102 Å². The molecule has 0 spiro atoms. The lowest BCUT2D eigenvalue weighted by Crippen LogP contribution is -2.46. The van der Waals surface area contributed by atoms with Crippen molar-refractivity contribution in [2.24, 2.45) is 11.7 Å². The first kappa shape index (κ1) is 30.5. The van der Waals surface area contributed by atoms with Gasteiger partial charge >= 0.3 is 18.1 Å². The van der Waals surface area contributed by atoms with Crippen LogP contribution >= 0.6 is 0 Å². The van der Waals surface area contributed by atoms with Gasteiger partial charge in [0.25, 0.3) is 0 Å². The minimum atomic E-state index is -4.58. The van der Waals surface area contributed by atoms with Gasteiger partial charge in [-0.2, -0.15) is 13.2 Å². The molecule has 11 heteroatoms. The average molecular weight is 606 g/mol. The highest BCUT2D eigenvalue weighted by molar-refractivity contribution is 6.14. The van der Waals surface area contributed by atoms with Crippen molar-refractivity contribution in [2.45, 2.75) is 38.3 Å². The molecule has 8 nitrogen and oxygen atoms in total. The zero-order valence-electron chi connectivity index (χ0n) is 24.0. The standard InChI is InChI=1S/C33H30F3N3O5/c1-3-43-31(41)26-23(19-9-6-5-7-10-19)17-24-27(29(26)40)25(20-11-8-16-38-18-20)28(32(42)44-4-2)30(37)39(24)22-14-12-21(13-15-22)33(34,35)36/h5-16,18,23,25-26H,3-4,17,37H2,1-2H3/t23-,25-,26-/m0/s1. The molecule has 2 N–H and O–H groups in total. The number of anilines is 1. The normalized spacial score (nSPS) is 20.3. The summed E-state index contributed by atoms with van der Waals surface area (Å²) in [6.45, 7) is 3.29. The summed E-state index contributed by atoms with van der Waals surface area (Å²) in [5, 5.41) is 0. The summed E-state index contributed by atoms with van der Waals surface area (Å²) in [5.74, 6) is -5.23. The number of Topliss-reactive ketones (excluding diaryl/α,β-unsaturated/α-hetero) is 1. The fourth-order valence-corrected chi connectivity index (χ4v) is 5.93. The van der Waals surface area contributed by atoms with Gasteiger partial charge in [0.15, 0.2) is 5.78 Å². The molecule has 0 radical (unpaired) electrons. The second kappa shape index (κ2) is 12.4. The van der Waals surface area contributed by atoms with E-state index in [1.807, 2.05) is 0 Å². The Morgan fingerprint density at radius 1 is 0.955 bits per heavy atom. The number of aromatic nitrogens is 1. The van der Waals surface area contributed by atoms with Gasteiger partial charge in [-0.3, -0.25) is 19.5 Å². The number of ketones is 1. The molecule has 228 valence electrons. The van der Waals surface area contributed by atoms with Crippen LogP contribution in [0.4, 0.5) is 18.9 Å². The molecule has 0 bridgehead atoms. The molecular weight excluding hydrogens is 575 g/mol. The highest BCUT2D eigenvalue weighted by atomic mass is 19.4. The molecule has 44 heavy (non-hydrogen) atoms. The predicted molar refractivity (Wildman–Crippen MR) is 155 cm³/mol. The molecule has 5 rings (SSSR count). The molecular formula is C33H30F3N3O5. The highest BCUT2D eigenvalue weighted by Gasteiger charge is 2.51. The lowest BCUT2D eigenvalue weighted by molar-refractivity contribution is -0.152. The summed E-state index contributed by atoms with van der Waals surface area (Å²) in [6.07, 6.45) is -1.47. The van der Waals surface area contributed by atoms with Crippen LogP contribution in [-0.2, 0) is 30.0 Å². The number of rotatable bonds is 7. The van der Waals surface area contributed by atoms with E-state index in [-0.39, 0.29) is 42.3 Å². The number of nitrogens with zero attached hydrogens (tertiary/aromatic N) is 2. The topological polar surface area (TPSA) is 112 Å². The van der Waals surface area contributed by atoms with E-state index in [0.717, 1.165) is 12.1 Å². The van der Waals surface area contributed by atoms with Gasteiger partial charge in [0, 0.05) is 35.3 Å². The fourth-order valence-electron chi connectivity index (χ4n) is 5.93. The van der Waals surface area contributed by atoms with Gasteiger partial charge in [-0.25, -0.2) is 4.79 Å². The van der Waals surface area contributed by atoms with Gasteiger partial charge in [-0.15, -0.1) is 0 Å². The molecule has 3 atom stereocenters. The zero-order chi connectivity index (χ0) is 31.6. The molecule has 3 aromatic rings. The van der Waals surface area contributed by atoms with Crippen molar-refractivity contribution < 1.29 is 37.0 Å². The van der Waals surface area contributed by atoms with Crippen LogP contribution in [0, 0.1) is 5.92 Å². The maximum absolute atomic E-state index is 14.7. The van der Waals surface area contributed by atoms with E-state index in [1.54, 1.807) is 56.3 Å². The summed E-state index contributed by atoms with van der Waals surface area (Å²) in [6, 6.07) is 16.5. The Bertz CT molecular complexity index is 1620. The third kappa shape index (κ3) is 5.57. The number of hydrogen-bond acceptors (Lipinski definition) is 8. The fraction of sp³-hybridized carbons (Fsp3) is 0.273. The minimum absolute atomic E-state index is 0.00294. The second-order valence-electron chi connectivity index (χ2n) is 10.3. The molecule has 0 unspecified atom stereocenters. The van der Waals surface area contributed by atoms with Crippen molar-refractivity contribution in [2.75, 3.05) is 18.1 Å². The number of hydrogen-bond donors (Lipinski definition) is 1. The molecule has 1 aliphatic carbocycles. The van der Waals surface area contributed by atoms with Crippen molar-refractivity contribution in [3.8, 4) is 0 Å². The molecule has 2 heterocycles. The third-order valence-electron chi connectivity index (χ3n) is 7.77. The van der Waals surface area contributed by atoms with E-state index < -0.39 is 47.2 Å². The number of benzene rings is 2. The lowest BCUT2D eigenvalue weighted by atomic mass is 9.67. The van der Waals surface area contributed by atoms with Gasteiger partial charge in [-0.1, -0.05) is 36.4 Å². The third-order valence-corrected chi connectivity index (χ3v) is 7.77. The number of pyridine rings is 1. The van der Waals surface area contributed by atoms with Gasteiger partial charge in [-0.05, 0) is 61.7 Å². The Labute approximate surface area is 252 Å². The van der Waals surface area contributed by atoms with Gasteiger partial charge in [0.2, 0.25) is 0 Å². The van der Waals surface area contributed by atoms with E-state index in [4.69, 9.17) is 15.2 Å². The van der Waals surface area contributed by atoms with E-state index in [2.05, 4.69) is 4.98 Å². The Kier molecular flexibility index (Phi) is 8.57. The Balaban J connectivity index is 1.80. The first-order chi connectivity index (χ1) is 21.1. The number of carbonyl (C=O) groups is 3. The Morgan fingerprint density at radius 3 is 2.20 bits per heavy atom. The number of alkyl halides is 3. The quantitative estimate of drug-likeness (QED) is 0.273. The van der Waals surface area contributed by atoms with Gasteiger partial charge < -0.3 is 15.2 Å². The van der Waals surface area contributed by atoms with Crippen LogP contribution in [0.25, 0.3) is 0 Å². The number of carbonyl (C=O) groups excluding carboxylic acids is 3. The van der Waals surface area contributed by atoms with Crippen LogP contribution in [0.5, 0.6) is 0 Å². The maximum Gasteiger partial charge on any atom is 0.416 e. The van der Waals surface area contributed by atoms with Crippen molar-refractivity contribution in [1.82, 2.24) is 4.98 Å². The smallest absolute Gasteiger partial charge is 0.416 e. The Hall–Kier alpha value is -4.93. The first-order valence-corrected chi connectivity index (χ1v) is 14.1. The molecule has 1 aromatic heterocycles. The Morgan fingerprint density at radius 2 is 1.61 bits per heavy atom. The summed E-state index contributed by atoms with van der Waals surface area (Å²) >= 11 is 0. The first-order valence-electron chi connectivity index (χ1n) is 14.1. The molecule has 2 aliphatic rings. The van der Waals surface area contributed by atoms with E-state index in [1.165, 1.54) is 29.4 Å². The van der Waals surface area contributed by atoms with E-state index in [9.17, 15) is 27.6 Å². The van der Waals surface area contributed by atoms with Crippen LogP contribution < -0.4 is 10.6 Å². The number of allylic oxidation sites excluding steroid dienone is 2. The molecule has 0 saturated carbocycles. The van der Waals surface area contributed by atoms with Crippen LogP contribution in [0.3, 0.4) is 0 Å². The van der Waals surface area contributed by atoms with Gasteiger partial charge in [0.05, 0.1) is 30.3 Å². The average Bonchev–Trinajstić information content (AvgIpc) is 3.01. The number of ether oxygens (including phenoxy) is 2.